The fourth-order valence-electron chi connectivity index (χ4n) is 2.13. The molecule has 0 amide bonds. The Hall–Kier alpha value is -2.90. The van der Waals surface area contributed by atoms with Gasteiger partial charge < -0.3 is 13.8 Å². The van der Waals surface area contributed by atoms with E-state index in [4.69, 9.17) is 13.8 Å². The van der Waals surface area contributed by atoms with E-state index in [0.29, 0.717) is 6.42 Å². The Kier molecular flexibility index (Phi) is 7.75. The van der Waals surface area contributed by atoms with Crippen molar-refractivity contribution in [3.63, 3.8) is 0 Å². The molecule has 2 aromatic carbocycles. The SMILES string of the molecule is CC[C@H](C)OC(=O)[C@H](C)NP(=O)(Oc1ccccc1)Oc1ccc([N+](=O)[O-])cc1. The number of para-hydroxylation sites is 1. The van der Waals surface area contributed by atoms with E-state index in [1.54, 1.807) is 37.3 Å². The Morgan fingerprint density at radius 1 is 1.07 bits per heavy atom. The van der Waals surface area contributed by atoms with Gasteiger partial charge in [0.05, 0.1) is 11.0 Å². The largest absolute Gasteiger partial charge is 0.513 e. The highest BCUT2D eigenvalue weighted by Crippen LogP contribution is 2.45. The highest BCUT2D eigenvalue weighted by molar-refractivity contribution is 7.52. The molecule has 29 heavy (non-hydrogen) atoms. The number of nitro groups is 1. The van der Waals surface area contributed by atoms with Crippen molar-refractivity contribution < 1.29 is 28.1 Å². The number of carbonyl (C=O) groups excluding carboxylic acids is 1. The number of carbonyl (C=O) groups is 1. The first-order chi connectivity index (χ1) is 13.7. The molecule has 0 heterocycles. The quantitative estimate of drug-likeness (QED) is 0.258. The molecule has 0 spiro atoms. The third-order valence-electron chi connectivity index (χ3n) is 3.84. The van der Waals surface area contributed by atoms with Gasteiger partial charge in [-0.3, -0.25) is 14.9 Å². The van der Waals surface area contributed by atoms with Crippen LogP contribution in [0.4, 0.5) is 5.69 Å². The molecule has 0 aliphatic rings. The second kappa shape index (κ2) is 10.0. The van der Waals surface area contributed by atoms with E-state index in [1.165, 1.54) is 31.2 Å². The molecule has 0 aliphatic carbocycles. The summed E-state index contributed by atoms with van der Waals surface area (Å²) in [4.78, 5) is 22.5. The molecule has 2 aromatic rings. The molecule has 9 nitrogen and oxygen atoms in total. The van der Waals surface area contributed by atoms with Crippen molar-refractivity contribution in [2.24, 2.45) is 0 Å². The van der Waals surface area contributed by atoms with Crippen LogP contribution in [0.25, 0.3) is 0 Å². The second-order valence-electron chi connectivity index (χ2n) is 6.25. The van der Waals surface area contributed by atoms with E-state index in [-0.39, 0.29) is 23.3 Å². The molecule has 10 heteroatoms. The topological polar surface area (TPSA) is 117 Å². The van der Waals surface area contributed by atoms with E-state index in [9.17, 15) is 19.5 Å². The maximum absolute atomic E-state index is 13.3. The van der Waals surface area contributed by atoms with Gasteiger partial charge in [-0.15, -0.1) is 0 Å². The van der Waals surface area contributed by atoms with Crippen LogP contribution < -0.4 is 14.1 Å². The smallest absolute Gasteiger partial charge is 0.462 e. The van der Waals surface area contributed by atoms with Gasteiger partial charge in [0, 0.05) is 12.1 Å². The Morgan fingerprint density at radius 3 is 2.14 bits per heavy atom. The molecule has 0 saturated carbocycles. The Balaban J connectivity index is 2.22. The minimum Gasteiger partial charge on any atom is -0.462 e. The van der Waals surface area contributed by atoms with Gasteiger partial charge in [-0.2, -0.15) is 5.09 Å². The first-order valence-electron chi connectivity index (χ1n) is 8.99. The van der Waals surface area contributed by atoms with E-state index >= 15 is 0 Å². The van der Waals surface area contributed by atoms with Gasteiger partial charge in [0.15, 0.2) is 0 Å². The van der Waals surface area contributed by atoms with Gasteiger partial charge in [0.2, 0.25) is 0 Å². The summed E-state index contributed by atoms with van der Waals surface area (Å²) in [6.45, 7) is 5.10. The number of non-ortho nitro benzene ring substituents is 1. The lowest BCUT2D eigenvalue weighted by Crippen LogP contribution is -2.37. The zero-order valence-corrected chi connectivity index (χ0v) is 17.2. The lowest BCUT2D eigenvalue weighted by Gasteiger charge is -2.23. The van der Waals surface area contributed by atoms with Gasteiger partial charge in [-0.05, 0) is 44.5 Å². The van der Waals surface area contributed by atoms with E-state index in [1.807, 2.05) is 6.92 Å². The minimum absolute atomic E-state index is 0.0739. The predicted molar refractivity (Wildman–Crippen MR) is 107 cm³/mol. The monoisotopic (exact) mass is 422 g/mol. The van der Waals surface area contributed by atoms with Crippen LogP contribution in [0.3, 0.4) is 0 Å². The number of hydrogen-bond acceptors (Lipinski definition) is 7. The molecule has 0 saturated heterocycles. The number of rotatable bonds is 10. The summed E-state index contributed by atoms with van der Waals surface area (Å²) < 4.78 is 29.6. The van der Waals surface area contributed by atoms with Gasteiger partial charge in [0.1, 0.15) is 17.5 Å². The maximum atomic E-state index is 13.3. The molecule has 0 aromatic heterocycles. The highest BCUT2D eigenvalue weighted by atomic mass is 31.2. The molecular weight excluding hydrogens is 399 g/mol. The molecule has 0 bridgehead atoms. The fraction of sp³-hybridized carbons (Fsp3) is 0.316. The van der Waals surface area contributed by atoms with Crippen LogP contribution in [0.1, 0.15) is 27.2 Å². The van der Waals surface area contributed by atoms with Crippen LogP contribution in [-0.2, 0) is 14.1 Å². The number of nitrogens with one attached hydrogen (secondary N) is 1. The van der Waals surface area contributed by atoms with Gasteiger partial charge >= 0.3 is 13.7 Å². The average molecular weight is 422 g/mol. The molecule has 0 aliphatic heterocycles. The molecule has 1 unspecified atom stereocenters. The Bertz CT molecular complexity index is 874. The van der Waals surface area contributed by atoms with Crippen LogP contribution in [0.15, 0.2) is 54.6 Å². The number of ether oxygens (including phenoxy) is 1. The van der Waals surface area contributed by atoms with Gasteiger partial charge in [-0.25, -0.2) is 4.57 Å². The first-order valence-corrected chi connectivity index (χ1v) is 10.5. The van der Waals surface area contributed by atoms with Crippen LogP contribution in [-0.4, -0.2) is 23.0 Å². The fourth-order valence-corrected chi connectivity index (χ4v) is 3.65. The summed E-state index contributed by atoms with van der Waals surface area (Å²) >= 11 is 0. The van der Waals surface area contributed by atoms with Crippen molar-refractivity contribution in [3.8, 4) is 11.5 Å². The predicted octanol–water partition coefficient (Wildman–Crippen LogP) is 4.48. The van der Waals surface area contributed by atoms with Crippen LogP contribution in [0, 0.1) is 10.1 Å². The lowest BCUT2D eigenvalue weighted by molar-refractivity contribution is -0.384. The summed E-state index contributed by atoms with van der Waals surface area (Å²) in [5, 5.41) is 13.4. The normalized spacial score (nSPS) is 14.9. The number of hydrogen-bond donors (Lipinski definition) is 1. The summed E-state index contributed by atoms with van der Waals surface area (Å²) in [6, 6.07) is 12.3. The zero-order chi connectivity index (χ0) is 21.4. The number of nitrogens with zero attached hydrogens (tertiary/aromatic N) is 1. The van der Waals surface area contributed by atoms with Crippen molar-refractivity contribution in [2.45, 2.75) is 39.3 Å². The summed E-state index contributed by atoms with van der Waals surface area (Å²) in [7, 11) is -4.08. The van der Waals surface area contributed by atoms with Crippen LogP contribution >= 0.6 is 7.75 Å². The minimum atomic E-state index is -4.08. The number of nitro benzene ring substituents is 1. The Labute approximate surface area is 168 Å². The van der Waals surface area contributed by atoms with Gasteiger partial charge in [-0.1, -0.05) is 25.1 Å². The van der Waals surface area contributed by atoms with Gasteiger partial charge in [0.25, 0.3) is 5.69 Å². The van der Waals surface area contributed by atoms with E-state index in [0.717, 1.165) is 0 Å². The molecule has 0 radical (unpaired) electrons. The van der Waals surface area contributed by atoms with Crippen LogP contribution in [0.2, 0.25) is 0 Å². The number of esters is 1. The molecular formula is C19H23N2O7P. The van der Waals surface area contributed by atoms with E-state index < -0.39 is 24.7 Å². The standard InChI is InChI=1S/C19H23N2O7P/c1-4-14(2)26-19(22)15(3)20-29(25,27-17-8-6-5-7-9-17)28-18-12-10-16(11-13-18)21(23)24/h5-15H,4H2,1-3H3,(H,20,25)/t14-,15-,29?/m0/s1. The molecule has 3 atom stereocenters. The van der Waals surface area contributed by atoms with Crippen molar-refractivity contribution in [3.05, 3.63) is 64.7 Å². The summed E-state index contributed by atoms with van der Waals surface area (Å²) in [6.07, 6.45) is 0.340. The third-order valence-corrected chi connectivity index (χ3v) is 5.45. The third kappa shape index (κ3) is 6.89. The summed E-state index contributed by atoms with van der Waals surface area (Å²) in [5.41, 5.74) is -0.144. The maximum Gasteiger partial charge on any atom is 0.513 e. The molecule has 0 fully saturated rings. The lowest BCUT2D eigenvalue weighted by atomic mass is 10.3. The molecule has 2 rings (SSSR count). The van der Waals surface area contributed by atoms with Crippen molar-refractivity contribution >= 4 is 19.4 Å². The van der Waals surface area contributed by atoms with Crippen LogP contribution in [0.5, 0.6) is 11.5 Å². The van der Waals surface area contributed by atoms with Crippen molar-refractivity contribution in [1.82, 2.24) is 5.09 Å². The average Bonchev–Trinajstić information content (AvgIpc) is 2.68. The Morgan fingerprint density at radius 2 is 1.62 bits per heavy atom. The highest BCUT2D eigenvalue weighted by Gasteiger charge is 2.34. The zero-order valence-electron chi connectivity index (χ0n) is 16.3. The molecule has 156 valence electrons. The second-order valence-corrected chi connectivity index (χ2v) is 7.87. The van der Waals surface area contributed by atoms with Crippen molar-refractivity contribution in [2.75, 3.05) is 0 Å². The number of benzene rings is 2. The van der Waals surface area contributed by atoms with Crippen molar-refractivity contribution in [1.29, 1.82) is 0 Å². The summed E-state index contributed by atoms with van der Waals surface area (Å²) in [5.74, 6) is -0.277. The molecule has 1 N–H and O–H groups in total. The first kappa shape index (κ1) is 22.4. The van der Waals surface area contributed by atoms with E-state index in [2.05, 4.69) is 5.09 Å².